The van der Waals surface area contributed by atoms with E-state index in [1.54, 1.807) is 13.8 Å². The second-order valence-electron chi connectivity index (χ2n) is 2.51. The summed E-state index contributed by atoms with van der Waals surface area (Å²) in [5, 5.41) is 8.51. The van der Waals surface area contributed by atoms with Crippen molar-refractivity contribution in [2.75, 3.05) is 26.8 Å². The molecule has 0 atom stereocenters. The molecule has 0 saturated carbocycles. The van der Waals surface area contributed by atoms with Gasteiger partial charge in [0.25, 0.3) is 0 Å². The molecule has 0 aliphatic carbocycles. The summed E-state index contributed by atoms with van der Waals surface area (Å²) < 4.78 is 22.8. The van der Waals surface area contributed by atoms with Gasteiger partial charge in [0.15, 0.2) is 0 Å². The molecule has 0 aromatic carbocycles. The lowest BCUT2D eigenvalue weighted by molar-refractivity contribution is -0.137. The van der Waals surface area contributed by atoms with E-state index in [1.807, 2.05) is 0 Å². The fourth-order valence-corrected chi connectivity index (χ4v) is 2.26. The molecule has 0 saturated heterocycles. The van der Waals surface area contributed by atoms with Crippen molar-refractivity contribution in [3.8, 4) is 0 Å². The highest BCUT2D eigenvalue weighted by Crippen LogP contribution is 2.50. The molecule has 0 rings (SSSR count). The van der Waals surface area contributed by atoms with Gasteiger partial charge in [-0.25, -0.2) is 9.24 Å². The zero-order valence-electron chi connectivity index (χ0n) is 8.60. The van der Waals surface area contributed by atoms with Crippen molar-refractivity contribution in [1.82, 2.24) is 4.67 Å². The summed E-state index contributed by atoms with van der Waals surface area (Å²) >= 11 is 0. The summed E-state index contributed by atoms with van der Waals surface area (Å²) in [5.74, 6) is -1.08. The van der Waals surface area contributed by atoms with Crippen molar-refractivity contribution in [1.29, 1.82) is 0 Å². The summed E-state index contributed by atoms with van der Waals surface area (Å²) in [4.78, 5) is 10.4. The van der Waals surface area contributed by atoms with E-state index in [2.05, 4.69) is 0 Å². The number of carboxylic acid groups (broad SMARTS) is 1. The van der Waals surface area contributed by atoms with Crippen LogP contribution in [0.15, 0.2) is 0 Å². The predicted molar refractivity (Wildman–Crippen MR) is 51.1 cm³/mol. The minimum Gasteiger partial charge on any atom is -0.480 e. The molecular formula is C7H16NO5P. The SMILES string of the molecule is CCOP(=O)(OCC)N(C)CC(=O)O. The standard InChI is InChI=1S/C7H16NO5P/c1-4-12-14(11,13-5-2)8(3)6-7(9)10/h4-6H2,1-3H3,(H,9,10). The lowest BCUT2D eigenvalue weighted by Gasteiger charge is -2.24. The molecule has 0 aliphatic rings. The van der Waals surface area contributed by atoms with Crippen molar-refractivity contribution in [3.05, 3.63) is 0 Å². The van der Waals surface area contributed by atoms with Crippen molar-refractivity contribution in [2.45, 2.75) is 13.8 Å². The Balaban J connectivity index is 4.46. The van der Waals surface area contributed by atoms with Gasteiger partial charge in [-0.05, 0) is 20.9 Å². The van der Waals surface area contributed by atoms with Crippen LogP contribution in [-0.4, -0.2) is 42.6 Å². The highest BCUT2D eigenvalue weighted by atomic mass is 31.2. The first-order valence-corrected chi connectivity index (χ1v) is 5.78. The third kappa shape index (κ3) is 4.19. The molecule has 0 fully saturated rings. The van der Waals surface area contributed by atoms with Gasteiger partial charge < -0.3 is 5.11 Å². The fraction of sp³-hybridized carbons (Fsp3) is 0.857. The van der Waals surface area contributed by atoms with E-state index < -0.39 is 13.7 Å². The number of nitrogens with zero attached hydrogens (tertiary/aromatic N) is 1. The van der Waals surface area contributed by atoms with Crippen LogP contribution in [0.3, 0.4) is 0 Å². The smallest absolute Gasteiger partial charge is 0.408 e. The second kappa shape index (κ2) is 6.14. The zero-order valence-corrected chi connectivity index (χ0v) is 9.49. The molecule has 1 N–H and O–H groups in total. The van der Waals surface area contributed by atoms with Gasteiger partial charge in [0.2, 0.25) is 0 Å². The first-order valence-electron chi connectivity index (χ1n) is 4.28. The number of carbonyl (C=O) groups is 1. The molecule has 0 heterocycles. The average Bonchev–Trinajstić information content (AvgIpc) is 2.03. The number of aliphatic carboxylic acids is 1. The van der Waals surface area contributed by atoms with Crippen LogP contribution in [0.2, 0.25) is 0 Å². The van der Waals surface area contributed by atoms with Crippen molar-refractivity contribution in [3.63, 3.8) is 0 Å². The minimum atomic E-state index is -3.41. The van der Waals surface area contributed by atoms with Gasteiger partial charge in [0.1, 0.15) is 6.54 Å². The van der Waals surface area contributed by atoms with E-state index in [4.69, 9.17) is 14.2 Å². The minimum absolute atomic E-state index is 0.210. The molecule has 0 aliphatic heterocycles. The third-order valence-electron chi connectivity index (χ3n) is 1.37. The molecule has 84 valence electrons. The molecule has 7 heteroatoms. The van der Waals surface area contributed by atoms with Gasteiger partial charge in [-0.2, -0.15) is 0 Å². The zero-order chi connectivity index (χ0) is 11.2. The predicted octanol–water partition coefficient (Wildman–Crippen LogP) is 1.18. The van der Waals surface area contributed by atoms with Crippen LogP contribution >= 0.6 is 7.75 Å². The Morgan fingerprint density at radius 3 is 2.07 bits per heavy atom. The lowest BCUT2D eigenvalue weighted by atomic mass is 10.7. The molecule has 6 nitrogen and oxygen atoms in total. The van der Waals surface area contributed by atoms with E-state index in [9.17, 15) is 9.36 Å². The molecule has 0 spiro atoms. The highest BCUT2D eigenvalue weighted by Gasteiger charge is 2.31. The Labute approximate surface area is 83.4 Å². The third-order valence-corrected chi connectivity index (χ3v) is 3.51. The number of rotatable bonds is 7. The maximum atomic E-state index is 11.9. The van der Waals surface area contributed by atoms with Gasteiger partial charge in [-0.15, -0.1) is 0 Å². The normalized spacial score (nSPS) is 12.0. The van der Waals surface area contributed by atoms with Crippen molar-refractivity contribution < 1.29 is 23.5 Å². The van der Waals surface area contributed by atoms with E-state index in [0.29, 0.717) is 0 Å². The van der Waals surface area contributed by atoms with Gasteiger partial charge in [0, 0.05) is 0 Å². The molecular weight excluding hydrogens is 209 g/mol. The van der Waals surface area contributed by atoms with Crippen LogP contribution in [0.25, 0.3) is 0 Å². The molecule has 0 aromatic heterocycles. The van der Waals surface area contributed by atoms with E-state index in [1.165, 1.54) is 7.05 Å². The first kappa shape index (κ1) is 13.6. The average molecular weight is 225 g/mol. The molecule has 0 amide bonds. The summed E-state index contributed by atoms with van der Waals surface area (Å²) in [6.45, 7) is 3.38. The van der Waals surface area contributed by atoms with Gasteiger partial charge in [0.05, 0.1) is 13.2 Å². The Kier molecular flexibility index (Phi) is 5.95. The Hall–Kier alpha value is -0.420. The lowest BCUT2D eigenvalue weighted by Crippen LogP contribution is -2.25. The van der Waals surface area contributed by atoms with Crippen LogP contribution in [0.1, 0.15) is 13.8 Å². The molecule has 0 aromatic rings. The summed E-state index contributed by atoms with van der Waals surface area (Å²) in [5.41, 5.74) is 0. The highest BCUT2D eigenvalue weighted by molar-refractivity contribution is 7.51. The van der Waals surface area contributed by atoms with Gasteiger partial charge >= 0.3 is 13.7 Å². The largest absolute Gasteiger partial charge is 0.480 e. The molecule has 0 radical (unpaired) electrons. The monoisotopic (exact) mass is 225 g/mol. The molecule has 0 bridgehead atoms. The van der Waals surface area contributed by atoms with Crippen molar-refractivity contribution >= 4 is 13.7 Å². The molecule has 0 unspecified atom stereocenters. The van der Waals surface area contributed by atoms with Gasteiger partial charge in [-0.1, -0.05) is 0 Å². The van der Waals surface area contributed by atoms with E-state index >= 15 is 0 Å². The molecule has 14 heavy (non-hydrogen) atoms. The van der Waals surface area contributed by atoms with Crippen LogP contribution in [0.4, 0.5) is 0 Å². The van der Waals surface area contributed by atoms with Crippen LogP contribution in [0.5, 0.6) is 0 Å². The Morgan fingerprint density at radius 2 is 1.79 bits per heavy atom. The van der Waals surface area contributed by atoms with Crippen LogP contribution in [0, 0.1) is 0 Å². The number of hydrogen-bond acceptors (Lipinski definition) is 4. The van der Waals surface area contributed by atoms with Crippen LogP contribution < -0.4 is 0 Å². The van der Waals surface area contributed by atoms with Crippen LogP contribution in [-0.2, 0) is 18.4 Å². The number of hydrogen-bond donors (Lipinski definition) is 1. The maximum absolute atomic E-state index is 11.9. The quantitative estimate of drug-likeness (QED) is 0.656. The number of likely N-dealkylation sites (N-methyl/N-ethyl adjacent to an activating group) is 1. The van der Waals surface area contributed by atoms with E-state index in [-0.39, 0.29) is 19.8 Å². The first-order chi connectivity index (χ1) is 6.46. The summed E-state index contributed by atoms with van der Waals surface area (Å²) in [6, 6.07) is 0. The van der Waals surface area contributed by atoms with Crippen molar-refractivity contribution in [2.24, 2.45) is 0 Å². The maximum Gasteiger partial charge on any atom is 0.408 e. The van der Waals surface area contributed by atoms with Gasteiger partial charge in [-0.3, -0.25) is 13.8 Å². The second-order valence-corrected chi connectivity index (χ2v) is 4.65. The topological polar surface area (TPSA) is 76.1 Å². The summed E-state index contributed by atoms with van der Waals surface area (Å²) in [6.07, 6.45) is 0. The van der Waals surface area contributed by atoms with E-state index in [0.717, 1.165) is 4.67 Å². The number of carboxylic acids is 1. The fourth-order valence-electron chi connectivity index (χ4n) is 0.843. The Morgan fingerprint density at radius 1 is 1.36 bits per heavy atom. The Bertz CT molecular complexity index is 222. The summed E-state index contributed by atoms with van der Waals surface area (Å²) in [7, 11) is -2.02.